The van der Waals surface area contributed by atoms with Crippen molar-refractivity contribution >= 4 is 0 Å². The molecule has 1 saturated carbocycles. The molecular formula is C16H26ClNO. The Morgan fingerprint density at radius 2 is 1.84 bits per heavy atom. The van der Waals surface area contributed by atoms with Crippen molar-refractivity contribution in [3.8, 4) is 0 Å². The van der Waals surface area contributed by atoms with E-state index in [1.54, 1.807) is 0 Å². The molecule has 0 aromatic carbocycles. The van der Waals surface area contributed by atoms with Crippen LogP contribution in [-0.2, 0) is 11.5 Å². The van der Waals surface area contributed by atoms with E-state index in [1.807, 2.05) is 18.2 Å². The highest BCUT2D eigenvalue weighted by Gasteiger charge is 2.31. The van der Waals surface area contributed by atoms with Crippen LogP contribution in [0.4, 0.5) is 0 Å². The molecule has 19 heavy (non-hydrogen) atoms. The molecule has 0 N–H and O–H groups in total. The van der Waals surface area contributed by atoms with Crippen LogP contribution in [0.1, 0.15) is 40.0 Å². The lowest BCUT2D eigenvalue weighted by Gasteiger charge is -2.36. The minimum atomic E-state index is 0. The van der Waals surface area contributed by atoms with Gasteiger partial charge in [0.05, 0.1) is 6.10 Å². The van der Waals surface area contributed by atoms with Gasteiger partial charge in [-0.1, -0.05) is 33.3 Å². The first kappa shape index (κ1) is 16.5. The molecule has 1 heterocycles. The maximum absolute atomic E-state index is 6.18. The van der Waals surface area contributed by atoms with Gasteiger partial charge in [-0.3, -0.25) is 0 Å². The molecule has 3 heteroatoms. The number of aromatic nitrogens is 1. The van der Waals surface area contributed by atoms with Crippen molar-refractivity contribution in [1.82, 2.24) is 0 Å². The zero-order chi connectivity index (χ0) is 13.0. The lowest BCUT2D eigenvalue weighted by atomic mass is 9.75. The van der Waals surface area contributed by atoms with Crippen molar-refractivity contribution in [2.75, 3.05) is 0 Å². The van der Waals surface area contributed by atoms with E-state index in [4.69, 9.17) is 4.74 Å². The lowest BCUT2D eigenvalue weighted by molar-refractivity contribution is -0.735. The Bertz CT molecular complexity index is 355. The Balaban J connectivity index is 0.00000180. The van der Waals surface area contributed by atoms with Gasteiger partial charge in [0, 0.05) is 12.1 Å². The van der Waals surface area contributed by atoms with Gasteiger partial charge in [0.25, 0.3) is 6.73 Å². The van der Waals surface area contributed by atoms with Crippen molar-refractivity contribution in [2.45, 2.75) is 52.9 Å². The van der Waals surface area contributed by atoms with Crippen molar-refractivity contribution in [1.29, 1.82) is 0 Å². The van der Waals surface area contributed by atoms with Gasteiger partial charge in [0.1, 0.15) is 0 Å². The van der Waals surface area contributed by atoms with Crippen LogP contribution in [0.15, 0.2) is 30.6 Å². The number of rotatable bonds is 4. The van der Waals surface area contributed by atoms with Gasteiger partial charge in [-0.05, 0) is 30.6 Å². The first-order chi connectivity index (χ1) is 8.66. The normalized spacial score (nSPS) is 27.1. The van der Waals surface area contributed by atoms with Gasteiger partial charge in [-0.2, -0.15) is 4.57 Å². The molecule has 0 radical (unpaired) electrons. The van der Waals surface area contributed by atoms with E-state index < -0.39 is 0 Å². The fourth-order valence-electron chi connectivity index (χ4n) is 3.01. The number of halogens is 1. The fraction of sp³-hybridized carbons (Fsp3) is 0.688. The molecule has 108 valence electrons. The molecule has 3 atom stereocenters. The van der Waals surface area contributed by atoms with Crippen LogP contribution >= 0.6 is 0 Å². The third-order valence-corrected chi connectivity index (χ3v) is 4.18. The largest absolute Gasteiger partial charge is 1.00 e. The molecule has 2 nitrogen and oxygen atoms in total. The van der Waals surface area contributed by atoms with Gasteiger partial charge < -0.3 is 17.1 Å². The molecule has 0 unspecified atom stereocenters. The highest BCUT2D eigenvalue weighted by atomic mass is 35.5. The minimum Gasteiger partial charge on any atom is -1.00 e. The number of hydrogen-bond acceptors (Lipinski definition) is 1. The minimum absolute atomic E-state index is 0. The Kier molecular flexibility index (Phi) is 6.81. The van der Waals surface area contributed by atoms with E-state index in [2.05, 4.69) is 37.7 Å². The SMILES string of the molecule is CC(C)[C@@H]1CC[C@@H](C)C[C@H]1OC[n+]1ccccc1.[Cl-]. The number of pyridine rings is 1. The second kappa shape index (κ2) is 7.86. The number of hydrogen-bond donors (Lipinski definition) is 0. The first-order valence-electron chi connectivity index (χ1n) is 7.22. The van der Waals surface area contributed by atoms with Crippen molar-refractivity contribution in [3.05, 3.63) is 30.6 Å². The van der Waals surface area contributed by atoms with E-state index in [-0.39, 0.29) is 12.4 Å². The average Bonchev–Trinajstić information content (AvgIpc) is 2.37. The van der Waals surface area contributed by atoms with Crippen LogP contribution in [0.25, 0.3) is 0 Å². The summed E-state index contributed by atoms with van der Waals surface area (Å²) in [4.78, 5) is 0. The summed E-state index contributed by atoms with van der Waals surface area (Å²) in [5, 5.41) is 0. The summed E-state index contributed by atoms with van der Waals surface area (Å²) < 4.78 is 8.28. The van der Waals surface area contributed by atoms with Gasteiger partial charge >= 0.3 is 0 Å². The van der Waals surface area contributed by atoms with Crippen LogP contribution in [0.5, 0.6) is 0 Å². The van der Waals surface area contributed by atoms with Gasteiger partial charge in [0.15, 0.2) is 12.4 Å². The van der Waals surface area contributed by atoms with Crippen LogP contribution < -0.4 is 17.0 Å². The van der Waals surface area contributed by atoms with E-state index in [0.717, 1.165) is 17.8 Å². The molecule has 0 aliphatic heterocycles. The van der Waals surface area contributed by atoms with Crippen molar-refractivity contribution in [3.63, 3.8) is 0 Å². The smallest absolute Gasteiger partial charge is 0.252 e. The average molecular weight is 284 g/mol. The summed E-state index contributed by atoms with van der Waals surface area (Å²) in [5.74, 6) is 2.26. The fourth-order valence-corrected chi connectivity index (χ4v) is 3.01. The van der Waals surface area contributed by atoms with Crippen molar-refractivity contribution < 1.29 is 21.7 Å². The Hall–Kier alpha value is -0.600. The molecule has 0 bridgehead atoms. The summed E-state index contributed by atoms with van der Waals surface area (Å²) in [6, 6.07) is 6.13. The second-order valence-electron chi connectivity index (χ2n) is 6.05. The second-order valence-corrected chi connectivity index (χ2v) is 6.05. The molecule has 1 aromatic heterocycles. The van der Waals surface area contributed by atoms with Crippen LogP contribution in [0, 0.1) is 17.8 Å². The summed E-state index contributed by atoms with van der Waals surface area (Å²) in [5.41, 5.74) is 0. The summed E-state index contributed by atoms with van der Waals surface area (Å²) in [7, 11) is 0. The molecule has 1 aliphatic rings. The number of ether oxygens (including phenoxy) is 1. The summed E-state index contributed by atoms with van der Waals surface area (Å²) in [6.07, 6.45) is 8.47. The molecule has 2 rings (SSSR count). The maximum atomic E-state index is 6.18. The predicted molar refractivity (Wildman–Crippen MR) is 72.9 cm³/mol. The highest BCUT2D eigenvalue weighted by Crippen LogP contribution is 2.35. The van der Waals surface area contributed by atoms with E-state index in [9.17, 15) is 0 Å². The third kappa shape index (κ3) is 4.77. The highest BCUT2D eigenvalue weighted by molar-refractivity contribution is 4.83. The zero-order valence-electron chi connectivity index (χ0n) is 12.3. The maximum Gasteiger partial charge on any atom is 0.252 e. The van der Waals surface area contributed by atoms with E-state index in [1.165, 1.54) is 19.3 Å². The quantitative estimate of drug-likeness (QED) is 0.730. The Labute approximate surface area is 123 Å². The third-order valence-electron chi connectivity index (χ3n) is 4.18. The molecule has 1 aliphatic carbocycles. The molecular weight excluding hydrogens is 258 g/mol. The standard InChI is InChI=1S/C16H26NO.ClH/c1-13(2)15-8-7-14(3)11-16(15)18-12-17-9-5-4-6-10-17;/h4-6,9-10,13-16H,7-8,11-12H2,1-3H3;1H/q+1;/p-1/t14-,15+,16-;/m1./s1. The van der Waals surface area contributed by atoms with E-state index >= 15 is 0 Å². The molecule has 1 aromatic rings. The molecule has 0 spiro atoms. The molecule has 0 amide bonds. The Morgan fingerprint density at radius 3 is 2.47 bits per heavy atom. The van der Waals surface area contributed by atoms with Crippen LogP contribution in [0.3, 0.4) is 0 Å². The van der Waals surface area contributed by atoms with Gasteiger partial charge in [-0.25, -0.2) is 0 Å². The molecule has 1 fully saturated rings. The van der Waals surface area contributed by atoms with Crippen molar-refractivity contribution in [2.24, 2.45) is 17.8 Å². The van der Waals surface area contributed by atoms with Gasteiger partial charge in [-0.15, -0.1) is 0 Å². The first-order valence-corrected chi connectivity index (χ1v) is 7.22. The Morgan fingerprint density at radius 1 is 1.16 bits per heavy atom. The lowest BCUT2D eigenvalue weighted by Crippen LogP contribution is -3.00. The van der Waals surface area contributed by atoms with E-state index in [0.29, 0.717) is 12.8 Å². The summed E-state index contributed by atoms with van der Waals surface area (Å²) >= 11 is 0. The predicted octanol–water partition coefficient (Wildman–Crippen LogP) is 0.413. The zero-order valence-corrected chi connectivity index (χ0v) is 13.0. The summed E-state index contributed by atoms with van der Waals surface area (Å²) in [6.45, 7) is 7.68. The van der Waals surface area contributed by atoms with Crippen LogP contribution in [-0.4, -0.2) is 6.10 Å². The van der Waals surface area contributed by atoms with Gasteiger partial charge in [0.2, 0.25) is 0 Å². The number of nitrogens with zero attached hydrogens (tertiary/aromatic N) is 1. The monoisotopic (exact) mass is 283 g/mol. The topological polar surface area (TPSA) is 13.1 Å². The van der Waals surface area contributed by atoms with Crippen LogP contribution in [0.2, 0.25) is 0 Å². The molecule has 0 saturated heterocycles.